The third-order valence-corrected chi connectivity index (χ3v) is 17.3. The van der Waals surface area contributed by atoms with Gasteiger partial charge in [0, 0.05) is 0 Å². The normalized spacial score (nSPS) is 16.3. The second-order valence-corrected chi connectivity index (χ2v) is 19.4. The average molecular weight is 672 g/mol. The Balaban J connectivity index is 1.84. The van der Waals surface area contributed by atoms with Crippen LogP contribution in [0.2, 0.25) is 0 Å². The van der Waals surface area contributed by atoms with Crippen LogP contribution in [0.5, 0.6) is 11.5 Å². The fourth-order valence-electron chi connectivity index (χ4n) is 3.88. The van der Waals surface area contributed by atoms with E-state index in [9.17, 15) is 43.2 Å². The average Bonchev–Trinajstić information content (AvgIpc) is 3.58. The standard InChI is InChI=1S/2C7H5F3O3S.2C5H5.Zr/c2*8-7(9,10)14(12,13)6-3-1-2-5(11)4-6;2*1-2-4-5-3-1;/h2*1-4,11H;2*1-3H,4H2;/q;;;;+2/p-2. The van der Waals surface area contributed by atoms with Gasteiger partial charge in [-0.15, -0.1) is 0 Å². The van der Waals surface area contributed by atoms with Gasteiger partial charge >= 0.3 is 226 Å². The van der Waals surface area contributed by atoms with E-state index in [1.807, 2.05) is 0 Å². The number of sulfone groups is 2. The monoisotopic (exact) mass is 670 g/mol. The Morgan fingerprint density at radius 1 is 0.641 bits per heavy atom. The summed E-state index contributed by atoms with van der Waals surface area (Å²) in [6.45, 7) is 0. The van der Waals surface area contributed by atoms with Gasteiger partial charge in [-0.05, 0) is 0 Å². The van der Waals surface area contributed by atoms with Crippen LogP contribution in [0.25, 0.3) is 0 Å². The molecule has 0 amide bonds. The van der Waals surface area contributed by atoms with E-state index in [-0.39, 0.29) is 24.3 Å². The first kappa shape index (κ1) is 29.3. The second kappa shape index (κ2) is 10.4. The first-order valence-electron chi connectivity index (χ1n) is 11.0. The van der Waals surface area contributed by atoms with E-state index in [4.69, 9.17) is 5.63 Å². The minimum absolute atomic E-state index is 0.268. The van der Waals surface area contributed by atoms with Crippen LogP contribution in [-0.2, 0) is 40.8 Å². The molecule has 0 radical (unpaired) electrons. The van der Waals surface area contributed by atoms with Crippen molar-refractivity contribution in [2.75, 3.05) is 0 Å². The zero-order valence-corrected chi connectivity index (χ0v) is 23.6. The molecule has 2 aromatic carbocycles. The number of hydrogen-bond donors (Lipinski definition) is 0. The summed E-state index contributed by atoms with van der Waals surface area (Å²) in [7, 11) is -11.4. The summed E-state index contributed by atoms with van der Waals surface area (Å²) in [6, 6.07) is 7.51. The molecule has 0 fully saturated rings. The summed E-state index contributed by atoms with van der Waals surface area (Å²) in [6.07, 6.45) is 10.7. The summed E-state index contributed by atoms with van der Waals surface area (Å²) in [5.41, 5.74) is -11.1. The Bertz CT molecular complexity index is 1500. The maximum absolute atomic E-state index is 13.2. The zero-order chi connectivity index (χ0) is 28.7. The molecule has 6 nitrogen and oxygen atoms in total. The van der Waals surface area contributed by atoms with Crippen molar-refractivity contribution in [3.8, 4) is 11.5 Å². The van der Waals surface area contributed by atoms with Gasteiger partial charge in [0.05, 0.1) is 0 Å². The van der Waals surface area contributed by atoms with Crippen molar-refractivity contribution in [1.82, 2.24) is 0 Å². The number of halogens is 6. The number of hydrogen-bond acceptors (Lipinski definition) is 6. The SMILES string of the molecule is O=S(=O)(c1cccc([O][Zr]([O]c2cccc(S(=O)(=O)C(F)(F)F)c2)([C]2=CC=CC2)[C]2=CC=CC2)c1)C(F)(F)F. The van der Waals surface area contributed by atoms with Gasteiger partial charge in [-0.25, -0.2) is 0 Å². The van der Waals surface area contributed by atoms with Crippen LogP contribution >= 0.6 is 0 Å². The first-order chi connectivity index (χ1) is 18.1. The number of allylic oxidation sites excluding steroid dienone is 8. The third-order valence-electron chi connectivity index (χ3n) is 5.75. The molecule has 2 aromatic rings. The van der Waals surface area contributed by atoms with E-state index in [1.165, 1.54) is 12.1 Å². The molecule has 208 valence electrons. The molecule has 0 aliphatic heterocycles. The van der Waals surface area contributed by atoms with Gasteiger partial charge in [0.1, 0.15) is 0 Å². The molecule has 0 saturated heterocycles. The van der Waals surface area contributed by atoms with Crippen LogP contribution in [0.1, 0.15) is 12.8 Å². The fourth-order valence-corrected chi connectivity index (χ4v) is 13.6. The second-order valence-electron chi connectivity index (χ2n) is 8.32. The van der Waals surface area contributed by atoms with Crippen LogP contribution in [-0.4, -0.2) is 27.9 Å². The Morgan fingerprint density at radius 2 is 1.03 bits per heavy atom. The molecule has 4 rings (SSSR count). The predicted molar refractivity (Wildman–Crippen MR) is 124 cm³/mol. The van der Waals surface area contributed by atoms with Gasteiger partial charge in [0.2, 0.25) is 0 Å². The Kier molecular flexibility index (Phi) is 7.83. The van der Waals surface area contributed by atoms with Crippen molar-refractivity contribution in [1.29, 1.82) is 0 Å². The number of alkyl halides is 6. The number of rotatable bonds is 8. The Morgan fingerprint density at radius 3 is 1.33 bits per heavy atom. The third kappa shape index (κ3) is 5.66. The summed E-state index contributed by atoms with van der Waals surface area (Å²) < 4.78 is 141. The van der Waals surface area contributed by atoms with Crippen molar-refractivity contribution >= 4 is 19.7 Å². The zero-order valence-electron chi connectivity index (χ0n) is 19.5. The maximum atomic E-state index is 13.2. The van der Waals surface area contributed by atoms with Gasteiger partial charge in [0.25, 0.3) is 0 Å². The predicted octanol–water partition coefficient (Wildman–Crippen LogP) is 6.40. The molecule has 0 unspecified atom stereocenters. The van der Waals surface area contributed by atoms with Crippen molar-refractivity contribution in [2.45, 2.75) is 33.6 Å². The van der Waals surface area contributed by atoms with Crippen molar-refractivity contribution in [2.24, 2.45) is 0 Å². The van der Waals surface area contributed by atoms with E-state index in [2.05, 4.69) is 0 Å². The molecule has 0 N–H and O–H groups in total. The molecular formula is C24H18F6O6S2Zr. The van der Waals surface area contributed by atoms with Crippen LogP contribution in [0.3, 0.4) is 0 Å². The molecule has 0 heterocycles. The van der Waals surface area contributed by atoms with E-state index in [1.54, 1.807) is 36.5 Å². The minimum atomic E-state index is -5.71. The molecule has 39 heavy (non-hydrogen) atoms. The molecule has 0 saturated carbocycles. The fraction of sp³-hybridized carbons (Fsp3) is 0.167. The van der Waals surface area contributed by atoms with Crippen molar-refractivity contribution < 1.29 is 70.0 Å². The molecule has 0 atom stereocenters. The van der Waals surface area contributed by atoms with Crippen LogP contribution < -0.4 is 5.63 Å². The summed E-state index contributed by atoms with van der Waals surface area (Å²) in [5, 5.41) is 0. The van der Waals surface area contributed by atoms with Gasteiger partial charge in [-0.3, -0.25) is 0 Å². The van der Waals surface area contributed by atoms with E-state index < -0.39 is 61.6 Å². The summed E-state index contributed by atoms with van der Waals surface area (Å²) in [5.74, 6) is -0.536. The van der Waals surface area contributed by atoms with Crippen LogP contribution in [0.4, 0.5) is 26.3 Å². The molecular weight excluding hydrogens is 654 g/mol. The first-order valence-corrected chi connectivity index (χ1v) is 18.4. The quantitative estimate of drug-likeness (QED) is 0.302. The van der Waals surface area contributed by atoms with Gasteiger partial charge in [0.15, 0.2) is 0 Å². The molecule has 15 heteroatoms. The summed E-state index contributed by atoms with van der Waals surface area (Å²) >= 11 is -5.06. The topological polar surface area (TPSA) is 86.7 Å². The van der Waals surface area contributed by atoms with E-state index >= 15 is 0 Å². The van der Waals surface area contributed by atoms with Gasteiger partial charge in [-0.2, -0.15) is 0 Å². The Labute approximate surface area is 225 Å². The molecule has 2 aliphatic rings. The van der Waals surface area contributed by atoms with Crippen molar-refractivity contribution in [3.63, 3.8) is 0 Å². The van der Waals surface area contributed by atoms with E-state index in [0.717, 1.165) is 24.3 Å². The molecule has 0 aromatic heterocycles. The van der Waals surface area contributed by atoms with Crippen LogP contribution in [0.15, 0.2) is 101 Å². The van der Waals surface area contributed by atoms with Gasteiger partial charge in [-0.1, -0.05) is 0 Å². The van der Waals surface area contributed by atoms with Crippen molar-refractivity contribution in [3.05, 3.63) is 91.5 Å². The molecule has 0 spiro atoms. The summed E-state index contributed by atoms with van der Waals surface area (Å²) in [4.78, 5) is -2.13. The van der Waals surface area contributed by atoms with E-state index in [0.29, 0.717) is 18.7 Å². The van der Waals surface area contributed by atoms with Crippen LogP contribution in [0, 0.1) is 0 Å². The molecule has 2 aliphatic carbocycles. The number of benzene rings is 2. The molecule has 0 bridgehead atoms. The Hall–Kier alpha value is -2.64. The van der Waals surface area contributed by atoms with Gasteiger partial charge < -0.3 is 0 Å².